The number of amides is 1. The van der Waals surface area contributed by atoms with Crippen molar-refractivity contribution in [2.75, 3.05) is 32.4 Å². The van der Waals surface area contributed by atoms with Crippen molar-refractivity contribution in [3.63, 3.8) is 0 Å². The largest absolute Gasteiger partial charge is 0.364 e. The summed E-state index contributed by atoms with van der Waals surface area (Å²) in [6.45, 7) is 3.25. The van der Waals surface area contributed by atoms with Crippen LogP contribution in [0, 0.1) is 5.92 Å². The van der Waals surface area contributed by atoms with Crippen LogP contribution in [0.4, 0.5) is 0 Å². The molecule has 2 fully saturated rings. The lowest BCUT2D eigenvalue weighted by molar-refractivity contribution is 0.0996. The average Bonchev–Trinajstić information content (AvgIpc) is 3.60. The molecule has 7 nitrogen and oxygen atoms in total. The normalized spacial score (nSPS) is 24.4. The summed E-state index contributed by atoms with van der Waals surface area (Å²) in [6.07, 6.45) is 6.34. The zero-order chi connectivity index (χ0) is 21.5. The quantitative estimate of drug-likeness (QED) is 0.772. The van der Waals surface area contributed by atoms with Crippen molar-refractivity contribution in [3.05, 3.63) is 47.2 Å². The van der Waals surface area contributed by atoms with E-state index in [2.05, 4.69) is 39.3 Å². The topological polar surface area (TPSA) is 91.9 Å². The number of hydrazone groups is 1. The Hall–Kier alpha value is -2.58. The van der Waals surface area contributed by atoms with E-state index in [0.29, 0.717) is 17.7 Å². The molecule has 1 aromatic carbocycles. The molecule has 2 aromatic rings. The number of likely N-dealkylation sites (N-methyl/N-ethyl adjacent to an activating group) is 1. The number of fused-ring (bicyclic) bond motifs is 1. The van der Waals surface area contributed by atoms with Crippen molar-refractivity contribution >= 4 is 39.4 Å². The van der Waals surface area contributed by atoms with Gasteiger partial charge in [-0.3, -0.25) is 18.9 Å². The molecule has 5 rings (SSSR count). The van der Waals surface area contributed by atoms with E-state index in [4.69, 9.17) is 5.73 Å². The van der Waals surface area contributed by atoms with E-state index in [9.17, 15) is 9.00 Å². The van der Waals surface area contributed by atoms with Gasteiger partial charge in [0.15, 0.2) is 0 Å². The van der Waals surface area contributed by atoms with E-state index >= 15 is 0 Å². The number of aromatic nitrogens is 1. The molecule has 2 atom stereocenters. The molecule has 8 heteroatoms. The van der Waals surface area contributed by atoms with Crippen LogP contribution >= 0.6 is 0 Å². The van der Waals surface area contributed by atoms with Gasteiger partial charge in [0.05, 0.1) is 23.5 Å². The van der Waals surface area contributed by atoms with Crippen molar-refractivity contribution in [1.29, 1.82) is 0 Å². The van der Waals surface area contributed by atoms with Gasteiger partial charge in [0.25, 0.3) is 5.91 Å². The molecule has 0 spiro atoms. The highest BCUT2D eigenvalue weighted by molar-refractivity contribution is 7.85. The molecule has 2 unspecified atom stereocenters. The zero-order valence-electron chi connectivity index (χ0n) is 17.7. The Bertz CT molecular complexity index is 1120. The van der Waals surface area contributed by atoms with Crippen molar-refractivity contribution in [1.82, 2.24) is 14.9 Å². The van der Waals surface area contributed by atoms with Crippen molar-refractivity contribution < 1.29 is 9.00 Å². The van der Waals surface area contributed by atoms with Gasteiger partial charge in [-0.2, -0.15) is 5.10 Å². The molecule has 3 heterocycles. The van der Waals surface area contributed by atoms with Gasteiger partial charge < -0.3 is 5.73 Å². The molecule has 162 valence electrons. The number of carbonyl (C=O) groups is 1. The van der Waals surface area contributed by atoms with E-state index in [1.54, 1.807) is 6.07 Å². The Morgan fingerprint density at radius 2 is 2.13 bits per heavy atom. The molecule has 1 saturated heterocycles. The van der Waals surface area contributed by atoms with Gasteiger partial charge >= 0.3 is 0 Å². The third-order valence-corrected chi connectivity index (χ3v) is 8.14. The summed E-state index contributed by atoms with van der Waals surface area (Å²) in [7, 11) is 1.23. The van der Waals surface area contributed by atoms with E-state index < -0.39 is 16.7 Å². The van der Waals surface area contributed by atoms with Crippen LogP contribution in [-0.4, -0.2) is 68.9 Å². The maximum absolute atomic E-state index is 12.4. The summed E-state index contributed by atoms with van der Waals surface area (Å²) in [5.41, 5.74) is 9.62. The van der Waals surface area contributed by atoms with Crippen LogP contribution in [0.2, 0.25) is 0 Å². The fourth-order valence-corrected chi connectivity index (χ4v) is 6.26. The summed E-state index contributed by atoms with van der Waals surface area (Å²) in [5, 5.41) is 7.51. The number of pyridine rings is 1. The van der Waals surface area contributed by atoms with E-state index in [1.165, 1.54) is 12.8 Å². The van der Waals surface area contributed by atoms with Crippen molar-refractivity contribution in [2.24, 2.45) is 16.8 Å². The fraction of sp³-hybridized carbons (Fsp3) is 0.435. The summed E-state index contributed by atoms with van der Waals surface area (Å²) in [4.78, 5) is 18.9. The first-order valence-corrected chi connectivity index (χ1v) is 12.1. The molecule has 3 aliphatic rings. The first-order valence-electron chi connectivity index (χ1n) is 10.8. The Balaban J connectivity index is 1.45. The molecule has 1 amide bonds. The number of rotatable bonds is 5. The van der Waals surface area contributed by atoms with Crippen LogP contribution in [0.25, 0.3) is 16.5 Å². The number of carbonyl (C=O) groups excluding carboxylic acids is 1. The first-order chi connectivity index (χ1) is 15.0. The van der Waals surface area contributed by atoms with Gasteiger partial charge in [-0.25, -0.2) is 4.98 Å². The van der Waals surface area contributed by atoms with E-state index in [1.807, 2.05) is 18.3 Å². The molecular formula is C23H27N5O2S. The minimum Gasteiger partial charge on any atom is -0.364 e. The predicted octanol–water partition coefficient (Wildman–Crippen LogP) is 1.99. The van der Waals surface area contributed by atoms with Crippen LogP contribution in [-0.2, 0) is 17.3 Å². The first kappa shape index (κ1) is 20.3. The van der Waals surface area contributed by atoms with Gasteiger partial charge in [0, 0.05) is 54.2 Å². The summed E-state index contributed by atoms with van der Waals surface area (Å²) in [6, 6.07) is 8.01. The van der Waals surface area contributed by atoms with Gasteiger partial charge in [-0.15, -0.1) is 0 Å². The van der Waals surface area contributed by atoms with Gasteiger partial charge in [-0.1, -0.05) is 18.2 Å². The smallest absolute Gasteiger partial charge is 0.267 e. The molecule has 1 aromatic heterocycles. The van der Waals surface area contributed by atoms with E-state index in [0.717, 1.165) is 53.0 Å². The number of allylic oxidation sites excluding steroid dienone is 1. The van der Waals surface area contributed by atoms with Crippen LogP contribution in [0.5, 0.6) is 0 Å². The molecule has 0 radical (unpaired) electrons. The second-order valence-corrected chi connectivity index (χ2v) is 10.5. The number of hydrogen-bond acceptors (Lipinski definition) is 6. The number of primary amides is 1. The standard InChI is InChI=1S/C23H27N5O2S/c1-27-7-6-17(12-25-27)19-11-21(23(24)29)26-20-10-15(2-5-18(19)20)13-28-8-9-31(30)22(14-28)16-3-4-16/h2,5-6,10-12,16,22H,3-4,7-9,13-14H2,1H3,(H2,24,29). The lowest BCUT2D eigenvalue weighted by Crippen LogP contribution is -2.44. The summed E-state index contributed by atoms with van der Waals surface area (Å²) in [5.74, 6) is 0.863. The van der Waals surface area contributed by atoms with E-state index in [-0.39, 0.29) is 5.69 Å². The minimum atomic E-state index is -0.691. The maximum atomic E-state index is 12.4. The molecule has 1 saturated carbocycles. The molecular weight excluding hydrogens is 410 g/mol. The van der Waals surface area contributed by atoms with Crippen molar-refractivity contribution in [3.8, 4) is 0 Å². The van der Waals surface area contributed by atoms with Gasteiger partial charge in [-0.05, 0) is 42.0 Å². The Morgan fingerprint density at radius 1 is 1.29 bits per heavy atom. The third-order valence-electron chi connectivity index (χ3n) is 6.35. The van der Waals surface area contributed by atoms with Crippen LogP contribution in [0.15, 0.2) is 35.4 Å². The monoisotopic (exact) mass is 437 g/mol. The number of nitrogens with two attached hydrogens (primary N) is 1. The Kier molecular flexibility index (Phi) is 5.35. The number of hydrogen-bond donors (Lipinski definition) is 1. The third kappa shape index (κ3) is 4.27. The Morgan fingerprint density at radius 3 is 2.84 bits per heavy atom. The zero-order valence-corrected chi connectivity index (χ0v) is 18.5. The summed E-state index contributed by atoms with van der Waals surface area (Å²) >= 11 is 0. The molecule has 0 bridgehead atoms. The second-order valence-electron chi connectivity index (χ2n) is 8.71. The van der Waals surface area contributed by atoms with Gasteiger partial charge in [0.2, 0.25) is 0 Å². The highest BCUT2D eigenvalue weighted by Crippen LogP contribution is 2.37. The minimum absolute atomic E-state index is 0.259. The Labute approximate surface area is 184 Å². The maximum Gasteiger partial charge on any atom is 0.267 e. The van der Waals surface area contributed by atoms with Gasteiger partial charge in [0.1, 0.15) is 5.69 Å². The molecule has 1 aliphatic carbocycles. The average molecular weight is 438 g/mol. The number of nitrogens with zero attached hydrogens (tertiary/aromatic N) is 4. The van der Waals surface area contributed by atoms with Crippen LogP contribution in [0.1, 0.15) is 34.5 Å². The van der Waals surface area contributed by atoms with Crippen LogP contribution < -0.4 is 5.73 Å². The molecule has 2 N–H and O–H groups in total. The second kappa shape index (κ2) is 8.16. The fourth-order valence-electron chi connectivity index (χ4n) is 4.44. The lowest BCUT2D eigenvalue weighted by atomic mass is 9.98. The highest BCUT2D eigenvalue weighted by atomic mass is 32.2. The number of benzene rings is 1. The molecule has 2 aliphatic heterocycles. The lowest BCUT2D eigenvalue weighted by Gasteiger charge is -2.32. The molecule has 31 heavy (non-hydrogen) atoms. The summed E-state index contributed by atoms with van der Waals surface area (Å²) < 4.78 is 12.4. The SMILES string of the molecule is CN1CC=C(c2cc(C(N)=O)nc3cc(CN4CCS(=O)C(C5CC5)C4)ccc23)C=N1. The predicted molar refractivity (Wildman–Crippen MR) is 124 cm³/mol. The van der Waals surface area contributed by atoms with Crippen LogP contribution in [0.3, 0.4) is 0 Å². The van der Waals surface area contributed by atoms with Crippen molar-refractivity contribution in [2.45, 2.75) is 24.6 Å². The highest BCUT2D eigenvalue weighted by Gasteiger charge is 2.38.